The Kier molecular flexibility index (Phi) is 2.40. The fourth-order valence-corrected chi connectivity index (χ4v) is 1.33. The average Bonchev–Trinajstić information content (AvgIpc) is 2.64. The first-order chi connectivity index (χ1) is 7.20. The number of H-pyrrole nitrogens is 1. The smallest absolute Gasteiger partial charge is 0.226 e. The summed E-state index contributed by atoms with van der Waals surface area (Å²) >= 11 is 0. The molecule has 0 saturated carbocycles. The number of aromatic nitrogens is 4. The zero-order valence-electron chi connectivity index (χ0n) is 9.00. The van der Waals surface area contributed by atoms with Gasteiger partial charge in [0.2, 0.25) is 5.95 Å². The second kappa shape index (κ2) is 3.72. The molecule has 0 unspecified atom stereocenters. The molecule has 0 amide bonds. The van der Waals surface area contributed by atoms with Crippen molar-refractivity contribution in [2.75, 3.05) is 17.7 Å². The van der Waals surface area contributed by atoms with Gasteiger partial charge in [-0.1, -0.05) is 0 Å². The van der Waals surface area contributed by atoms with E-state index in [1.807, 2.05) is 0 Å². The van der Waals surface area contributed by atoms with E-state index < -0.39 is 0 Å². The predicted molar refractivity (Wildman–Crippen MR) is 60.0 cm³/mol. The second-order valence-electron chi connectivity index (χ2n) is 3.58. The molecule has 0 saturated heterocycles. The van der Waals surface area contributed by atoms with Crippen molar-refractivity contribution in [3.05, 3.63) is 6.20 Å². The maximum atomic E-state index is 4.34. The molecule has 2 rings (SSSR count). The van der Waals surface area contributed by atoms with Crippen molar-refractivity contribution >= 4 is 22.8 Å². The monoisotopic (exact) mass is 206 g/mol. The lowest BCUT2D eigenvalue weighted by Gasteiger charge is -2.10. The summed E-state index contributed by atoms with van der Waals surface area (Å²) in [5.41, 5.74) is 0.734. The molecule has 0 atom stereocenters. The molecule has 6 heteroatoms. The summed E-state index contributed by atoms with van der Waals surface area (Å²) in [6, 6.07) is 0.322. The van der Waals surface area contributed by atoms with Gasteiger partial charge in [-0.15, -0.1) is 0 Å². The summed E-state index contributed by atoms with van der Waals surface area (Å²) in [5, 5.41) is 13.9. The van der Waals surface area contributed by atoms with Crippen LogP contribution in [0.2, 0.25) is 0 Å². The number of hydrogen-bond acceptors (Lipinski definition) is 5. The molecule has 0 aliphatic carbocycles. The van der Waals surface area contributed by atoms with Gasteiger partial charge in [-0.2, -0.15) is 15.1 Å². The largest absolute Gasteiger partial charge is 0.367 e. The lowest BCUT2D eigenvalue weighted by Crippen LogP contribution is -2.12. The van der Waals surface area contributed by atoms with Crippen LogP contribution in [0, 0.1) is 0 Å². The van der Waals surface area contributed by atoms with E-state index >= 15 is 0 Å². The first kappa shape index (κ1) is 9.70. The van der Waals surface area contributed by atoms with Gasteiger partial charge in [-0.3, -0.25) is 5.10 Å². The quantitative estimate of drug-likeness (QED) is 0.703. The van der Waals surface area contributed by atoms with Gasteiger partial charge in [-0.05, 0) is 13.8 Å². The maximum absolute atomic E-state index is 4.34. The van der Waals surface area contributed by atoms with Crippen LogP contribution in [0.3, 0.4) is 0 Å². The van der Waals surface area contributed by atoms with Crippen LogP contribution in [0.1, 0.15) is 13.8 Å². The van der Waals surface area contributed by atoms with E-state index in [0.29, 0.717) is 12.0 Å². The van der Waals surface area contributed by atoms with Crippen LogP contribution in [0.25, 0.3) is 11.0 Å². The fourth-order valence-electron chi connectivity index (χ4n) is 1.33. The molecule has 2 aromatic rings. The topological polar surface area (TPSA) is 78.5 Å². The van der Waals surface area contributed by atoms with Crippen molar-refractivity contribution in [1.82, 2.24) is 20.2 Å². The Bertz CT molecular complexity index is 461. The van der Waals surface area contributed by atoms with Crippen molar-refractivity contribution in [2.45, 2.75) is 19.9 Å². The molecule has 0 fully saturated rings. The summed E-state index contributed by atoms with van der Waals surface area (Å²) in [7, 11) is 1.79. The minimum atomic E-state index is 0.322. The minimum Gasteiger partial charge on any atom is -0.367 e. The zero-order valence-corrected chi connectivity index (χ0v) is 9.00. The van der Waals surface area contributed by atoms with E-state index in [2.05, 4.69) is 44.6 Å². The van der Waals surface area contributed by atoms with Crippen molar-refractivity contribution < 1.29 is 0 Å². The molecule has 3 N–H and O–H groups in total. The molecular weight excluding hydrogens is 192 g/mol. The molecule has 6 nitrogen and oxygen atoms in total. The summed E-state index contributed by atoms with van der Waals surface area (Å²) in [6.07, 6.45) is 1.72. The second-order valence-corrected chi connectivity index (χ2v) is 3.58. The summed E-state index contributed by atoms with van der Waals surface area (Å²) < 4.78 is 0. The third kappa shape index (κ3) is 1.83. The molecule has 0 aliphatic rings. The maximum Gasteiger partial charge on any atom is 0.226 e. The lowest BCUT2D eigenvalue weighted by atomic mass is 10.3. The Hall–Kier alpha value is -1.85. The number of fused-ring (bicyclic) bond motifs is 1. The van der Waals surface area contributed by atoms with Gasteiger partial charge in [-0.25, -0.2) is 0 Å². The Labute approximate surface area is 87.5 Å². The van der Waals surface area contributed by atoms with Crippen LogP contribution in [0.4, 0.5) is 11.8 Å². The average molecular weight is 206 g/mol. The van der Waals surface area contributed by atoms with E-state index in [0.717, 1.165) is 16.9 Å². The summed E-state index contributed by atoms with van der Waals surface area (Å²) in [4.78, 5) is 8.58. The highest BCUT2D eigenvalue weighted by molar-refractivity contribution is 5.87. The number of nitrogens with one attached hydrogen (secondary N) is 3. The molecule has 0 aliphatic heterocycles. The fraction of sp³-hybridized carbons (Fsp3) is 0.444. The van der Waals surface area contributed by atoms with Gasteiger partial charge in [0.1, 0.15) is 5.82 Å². The summed E-state index contributed by atoms with van der Waals surface area (Å²) in [5.74, 6) is 1.38. The van der Waals surface area contributed by atoms with Crippen LogP contribution in [0.5, 0.6) is 0 Å². The Morgan fingerprint density at radius 3 is 2.80 bits per heavy atom. The third-order valence-corrected chi connectivity index (χ3v) is 1.96. The number of hydrogen-bond donors (Lipinski definition) is 3. The molecule has 2 aromatic heterocycles. The van der Waals surface area contributed by atoms with Gasteiger partial charge in [0.15, 0.2) is 5.65 Å². The van der Waals surface area contributed by atoms with Crippen molar-refractivity contribution in [3.8, 4) is 0 Å². The third-order valence-electron chi connectivity index (χ3n) is 1.96. The van der Waals surface area contributed by atoms with Crippen molar-refractivity contribution in [2.24, 2.45) is 0 Å². The van der Waals surface area contributed by atoms with Crippen LogP contribution < -0.4 is 10.6 Å². The molecule has 0 radical (unpaired) electrons. The van der Waals surface area contributed by atoms with Crippen LogP contribution in [-0.2, 0) is 0 Å². The predicted octanol–water partition coefficient (Wildman–Crippen LogP) is 1.21. The minimum absolute atomic E-state index is 0.322. The van der Waals surface area contributed by atoms with Crippen molar-refractivity contribution in [3.63, 3.8) is 0 Å². The Balaban J connectivity index is 2.53. The number of aromatic amines is 1. The van der Waals surface area contributed by atoms with E-state index in [-0.39, 0.29) is 0 Å². The molecule has 0 bridgehead atoms. The normalized spacial score (nSPS) is 10.9. The van der Waals surface area contributed by atoms with E-state index in [1.165, 1.54) is 0 Å². The molecule has 15 heavy (non-hydrogen) atoms. The van der Waals surface area contributed by atoms with Crippen LogP contribution in [0.15, 0.2) is 6.20 Å². The summed E-state index contributed by atoms with van der Waals surface area (Å²) in [6.45, 7) is 4.13. The standard InChI is InChI=1S/C9H14N6/c1-5(2)12-7-6-4-11-15-8(6)14-9(10-3)13-7/h4-5H,1-3H3,(H3,10,11,12,13,14,15). The Morgan fingerprint density at radius 2 is 2.13 bits per heavy atom. The highest BCUT2D eigenvalue weighted by atomic mass is 15.2. The van der Waals surface area contributed by atoms with Crippen LogP contribution in [-0.4, -0.2) is 33.3 Å². The molecular formula is C9H14N6. The molecule has 2 heterocycles. The molecule has 80 valence electrons. The first-order valence-electron chi connectivity index (χ1n) is 4.86. The zero-order chi connectivity index (χ0) is 10.8. The number of nitrogens with zero attached hydrogens (tertiary/aromatic N) is 3. The van der Waals surface area contributed by atoms with Crippen LogP contribution >= 0.6 is 0 Å². The number of rotatable bonds is 3. The van der Waals surface area contributed by atoms with Gasteiger partial charge < -0.3 is 10.6 Å². The first-order valence-corrected chi connectivity index (χ1v) is 4.86. The number of anilines is 2. The van der Waals surface area contributed by atoms with E-state index in [1.54, 1.807) is 13.2 Å². The molecule has 0 aromatic carbocycles. The van der Waals surface area contributed by atoms with E-state index in [9.17, 15) is 0 Å². The van der Waals surface area contributed by atoms with Gasteiger partial charge >= 0.3 is 0 Å². The highest BCUT2D eigenvalue weighted by Gasteiger charge is 2.08. The van der Waals surface area contributed by atoms with Crippen molar-refractivity contribution in [1.29, 1.82) is 0 Å². The van der Waals surface area contributed by atoms with Gasteiger partial charge in [0.25, 0.3) is 0 Å². The highest BCUT2D eigenvalue weighted by Crippen LogP contribution is 2.20. The van der Waals surface area contributed by atoms with Gasteiger partial charge in [0.05, 0.1) is 11.6 Å². The Morgan fingerprint density at radius 1 is 1.33 bits per heavy atom. The van der Waals surface area contributed by atoms with Gasteiger partial charge in [0, 0.05) is 13.1 Å². The lowest BCUT2D eigenvalue weighted by molar-refractivity contribution is 0.891. The van der Waals surface area contributed by atoms with E-state index in [4.69, 9.17) is 0 Å². The molecule has 0 spiro atoms. The SMILES string of the molecule is CNc1nc(NC(C)C)c2cn[nH]c2n1.